The van der Waals surface area contributed by atoms with Crippen molar-refractivity contribution in [2.75, 3.05) is 20.2 Å². The van der Waals surface area contributed by atoms with Crippen LogP contribution in [0.15, 0.2) is 17.1 Å². The monoisotopic (exact) mass is 497 g/mol. The number of aliphatic imine (C=N–C) groups is 1. The number of fused-ring (bicyclic) bond motifs is 2. The van der Waals surface area contributed by atoms with Crippen LogP contribution in [-0.4, -0.2) is 43.4 Å². The van der Waals surface area contributed by atoms with Crippen molar-refractivity contribution < 1.29 is 9.84 Å². The fraction of sp³-hybridized carbons (Fsp3) is 0.706. The van der Waals surface area contributed by atoms with Gasteiger partial charge in [0.25, 0.3) is 0 Å². The first-order valence-corrected chi connectivity index (χ1v) is 9.85. The van der Waals surface area contributed by atoms with E-state index in [1.54, 1.807) is 7.05 Å². The molecule has 0 amide bonds. The third-order valence-electron chi connectivity index (χ3n) is 5.94. The van der Waals surface area contributed by atoms with Gasteiger partial charge in [-0.05, 0) is 31.4 Å². The molecule has 5 nitrogen and oxygen atoms in total. The van der Waals surface area contributed by atoms with Crippen molar-refractivity contribution in [1.29, 1.82) is 0 Å². The van der Waals surface area contributed by atoms with E-state index in [9.17, 15) is 5.11 Å². The molecule has 8 heteroatoms. The Hall–Kier alpha value is -0.0900. The molecule has 1 aromatic heterocycles. The Labute approximate surface area is 174 Å². The van der Waals surface area contributed by atoms with E-state index in [4.69, 9.17) is 16.3 Å². The maximum Gasteiger partial charge on any atom is 0.191 e. The van der Waals surface area contributed by atoms with Gasteiger partial charge in [0.1, 0.15) is 6.10 Å². The van der Waals surface area contributed by atoms with Gasteiger partial charge in [-0.15, -0.1) is 35.3 Å². The minimum atomic E-state index is -0.581. The lowest BCUT2D eigenvalue weighted by atomic mass is 9.46. The largest absolute Gasteiger partial charge is 0.386 e. The number of rotatable bonds is 4. The van der Waals surface area contributed by atoms with Crippen LogP contribution in [0.3, 0.4) is 0 Å². The molecule has 4 unspecified atom stereocenters. The summed E-state index contributed by atoms with van der Waals surface area (Å²) >= 11 is 7.34. The highest BCUT2D eigenvalue weighted by Gasteiger charge is 2.66. The number of hydrogen-bond donors (Lipinski definition) is 3. The lowest BCUT2D eigenvalue weighted by Gasteiger charge is -2.63. The molecule has 0 aromatic carbocycles. The molecule has 0 bridgehead atoms. The first-order valence-electron chi connectivity index (χ1n) is 8.66. The fourth-order valence-corrected chi connectivity index (χ4v) is 5.65. The normalized spacial score (nSPS) is 30.7. The van der Waals surface area contributed by atoms with E-state index in [0.717, 1.165) is 23.9 Å². The molecule has 2 aliphatic carbocycles. The number of aliphatic hydroxyl groups excluding tert-OH is 1. The van der Waals surface area contributed by atoms with Gasteiger partial charge in [0.05, 0.1) is 10.4 Å². The van der Waals surface area contributed by atoms with Crippen LogP contribution < -0.4 is 10.6 Å². The van der Waals surface area contributed by atoms with Crippen molar-refractivity contribution in [3.63, 3.8) is 0 Å². The van der Waals surface area contributed by atoms with Crippen molar-refractivity contribution in [3.8, 4) is 0 Å². The average molecular weight is 498 g/mol. The van der Waals surface area contributed by atoms with Crippen molar-refractivity contribution in [3.05, 3.63) is 21.3 Å². The summed E-state index contributed by atoms with van der Waals surface area (Å²) in [6.07, 6.45) is 4.80. The van der Waals surface area contributed by atoms with Gasteiger partial charge in [-0.1, -0.05) is 18.0 Å². The smallest absolute Gasteiger partial charge is 0.191 e. The van der Waals surface area contributed by atoms with Crippen LogP contribution in [0, 0.1) is 11.3 Å². The highest BCUT2D eigenvalue weighted by Crippen LogP contribution is 2.62. The van der Waals surface area contributed by atoms with Crippen LogP contribution in [0.4, 0.5) is 0 Å². The van der Waals surface area contributed by atoms with Crippen LogP contribution in [0.1, 0.15) is 36.7 Å². The lowest BCUT2D eigenvalue weighted by molar-refractivity contribution is -0.171. The second kappa shape index (κ2) is 7.88. The molecule has 0 radical (unpaired) electrons. The second-order valence-corrected chi connectivity index (χ2v) is 8.81. The minimum Gasteiger partial charge on any atom is -0.386 e. The van der Waals surface area contributed by atoms with Gasteiger partial charge >= 0.3 is 0 Å². The molecule has 4 rings (SSSR count). The van der Waals surface area contributed by atoms with Gasteiger partial charge in [0, 0.05) is 42.5 Å². The van der Waals surface area contributed by atoms with Crippen LogP contribution in [0.2, 0.25) is 4.34 Å². The first kappa shape index (κ1) is 19.7. The summed E-state index contributed by atoms with van der Waals surface area (Å²) < 4.78 is 6.66. The summed E-state index contributed by atoms with van der Waals surface area (Å²) in [6, 6.07) is 4.12. The molecule has 1 aliphatic heterocycles. The number of thiophene rings is 1. The Morgan fingerprint density at radius 1 is 1.52 bits per heavy atom. The third-order valence-corrected chi connectivity index (χ3v) is 7.27. The summed E-state index contributed by atoms with van der Waals surface area (Å²) in [7, 11) is 1.78. The van der Waals surface area contributed by atoms with E-state index in [-0.39, 0.29) is 24.0 Å². The standard InChI is InChI=1S/C17H24ClN3O2S.HI/c1-19-16(20-9-11(22)12-3-4-13(18)24-12)21-14-10-5-8-23-15(10)17(14)6-2-7-17;/h3-4,10-11,14-15,22H,2,5-9H2,1H3,(H2,19,20,21);1H. The topological polar surface area (TPSA) is 65.9 Å². The number of nitrogens with zero attached hydrogens (tertiary/aromatic N) is 1. The van der Waals surface area contributed by atoms with E-state index >= 15 is 0 Å². The fourth-order valence-electron chi connectivity index (χ4n) is 4.60. The first-order chi connectivity index (χ1) is 11.6. The Kier molecular flexibility index (Phi) is 6.20. The molecule has 3 N–H and O–H groups in total. The summed E-state index contributed by atoms with van der Waals surface area (Å²) in [6.45, 7) is 1.31. The maximum atomic E-state index is 10.3. The van der Waals surface area contributed by atoms with E-state index in [1.165, 1.54) is 30.6 Å². The Balaban J connectivity index is 0.00000182. The van der Waals surface area contributed by atoms with Gasteiger partial charge in [0.2, 0.25) is 0 Å². The average Bonchev–Trinajstić information content (AvgIpc) is 3.13. The molecule has 3 aliphatic rings. The van der Waals surface area contributed by atoms with Gasteiger partial charge in [-0.25, -0.2) is 0 Å². The Morgan fingerprint density at radius 2 is 2.32 bits per heavy atom. The van der Waals surface area contributed by atoms with E-state index in [2.05, 4.69) is 15.6 Å². The van der Waals surface area contributed by atoms with Crippen LogP contribution in [0.25, 0.3) is 0 Å². The predicted octanol–water partition coefficient (Wildman–Crippen LogP) is 3.18. The molecule has 4 atom stereocenters. The van der Waals surface area contributed by atoms with Crippen LogP contribution >= 0.6 is 46.9 Å². The summed E-state index contributed by atoms with van der Waals surface area (Å²) in [5.74, 6) is 1.36. The number of ether oxygens (including phenoxy) is 1. The van der Waals surface area contributed by atoms with Gasteiger partial charge in [0.15, 0.2) is 5.96 Å². The van der Waals surface area contributed by atoms with Crippen molar-refractivity contribution >= 4 is 52.9 Å². The highest BCUT2D eigenvalue weighted by molar-refractivity contribution is 14.0. The summed E-state index contributed by atoms with van der Waals surface area (Å²) in [5, 5.41) is 17.1. The van der Waals surface area contributed by atoms with Crippen molar-refractivity contribution in [2.45, 2.75) is 43.9 Å². The number of nitrogens with one attached hydrogen (secondary N) is 2. The second-order valence-electron chi connectivity index (χ2n) is 7.06. The molecular formula is C17H25ClIN3O2S. The Bertz CT molecular complexity index is 637. The van der Waals surface area contributed by atoms with Gasteiger partial charge in [-0.2, -0.15) is 0 Å². The lowest BCUT2D eigenvalue weighted by Crippen LogP contribution is -2.72. The number of guanidine groups is 1. The van der Waals surface area contributed by atoms with Gasteiger partial charge < -0.3 is 20.5 Å². The highest BCUT2D eigenvalue weighted by atomic mass is 127. The van der Waals surface area contributed by atoms with Crippen molar-refractivity contribution in [2.24, 2.45) is 16.3 Å². The minimum absolute atomic E-state index is 0. The van der Waals surface area contributed by atoms with Crippen molar-refractivity contribution in [1.82, 2.24) is 10.6 Å². The third kappa shape index (κ3) is 3.42. The molecule has 1 spiro atoms. The molecule has 2 saturated carbocycles. The quantitative estimate of drug-likeness (QED) is 0.340. The van der Waals surface area contributed by atoms with E-state index < -0.39 is 6.10 Å². The molecular weight excluding hydrogens is 473 g/mol. The van der Waals surface area contributed by atoms with Gasteiger partial charge in [-0.3, -0.25) is 4.99 Å². The molecule has 140 valence electrons. The van der Waals surface area contributed by atoms with E-state index in [0.29, 0.717) is 34.4 Å². The zero-order valence-electron chi connectivity index (χ0n) is 14.2. The molecule has 1 aromatic rings. The SMILES string of the molecule is CN=C(NCC(O)c1ccc(Cl)s1)NC1C2CCOC2C12CCC2.I. The zero-order chi connectivity index (χ0) is 16.7. The summed E-state index contributed by atoms with van der Waals surface area (Å²) in [5.41, 5.74) is 0.318. The molecule has 25 heavy (non-hydrogen) atoms. The number of hydrogen-bond acceptors (Lipinski definition) is 4. The van der Waals surface area contributed by atoms with E-state index in [1.807, 2.05) is 12.1 Å². The molecule has 2 heterocycles. The zero-order valence-corrected chi connectivity index (χ0v) is 18.1. The van der Waals surface area contributed by atoms with Crippen LogP contribution in [0.5, 0.6) is 0 Å². The maximum absolute atomic E-state index is 10.3. The Morgan fingerprint density at radius 3 is 2.92 bits per heavy atom. The number of aliphatic hydroxyl groups is 1. The number of halogens is 2. The molecule has 3 fully saturated rings. The van der Waals surface area contributed by atoms with Crippen LogP contribution in [-0.2, 0) is 4.74 Å². The molecule has 1 saturated heterocycles. The summed E-state index contributed by atoms with van der Waals surface area (Å²) in [4.78, 5) is 5.21. The predicted molar refractivity (Wildman–Crippen MR) is 112 cm³/mol.